The van der Waals surface area contributed by atoms with Gasteiger partial charge in [0.15, 0.2) is 0 Å². The molecule has 88 valence electrons. The molecule has 1 heterocycles. The van der Waals surface area contributed by atoms with E-state index >= 15 is 0 Å². The number of hydrogen-bond donors (Lipinski definition) is 2. The van der Waals surface area contributed by atoms with Gasteiger partial charge in [-0.25, -0.2) is 0 Å². The van der Waals surface area contributed by atoms with Crippen molar-refractivity contribution >= 4 is 5.91 Å². The molecular weight excluding hydrogens is 208 g/mol. The molecule has 16 heavy (non-hydrogen) atoms. The number of aliphatic hydroxyl groups is 1. The molecule has 0 aliphatic carbocycles. The number of amides is 1. The van der Waals surface area contributed by atoms with Gasteiger partial charge in [0.2, 0.25) is 5.56 Å². The van der Waals surface area contributed by atoms with Gasteiger partial charge in [-0.15, -0.1) is 0 Å². The van der Waals surface area contributed by atoms with Gasteiger partial charge < -0.3 is 15.0 Å². The van der Waals surface area contributed by atoms with Crippen molar-refractivity contribution in [2.75, 3.05) is 6.61 Å². The molecule has 1 amide bonds. The molecule has 0 aliphatic rings. The van der Waals surface area contributed by atoms with E-state index in [-0.39, 0.29) is 24.1 Å². The highest BCUT2D eigenvalue weighted by atomic mass is 16.3. The second-order valence-electron chi connectivity index (χ2n) is 3.75. The number of carbonyl (C=O) groups excluding carboxylic acids is 1. The van der Waals surface area contributed by atoms with Gasteiger partial charge >= 0.3 is 0 Å². The average Bonchev–Trinajstić information content (AvgIpc) is 2.22. The molecule has 5 heteroatoms. The highest BCUT2D eigenvalue weighted by Crippen LogP contribution is 1.97. The maximum Gasteiger partial charge on any atom is 0.252 e. The molecule has 1 unspecified atom stereocenters. The van der Waals surface area contributed by atoms with Crippen LogP contribution in [0.4, 0.5) is 0 Å². The average molecular weight is 224 g/mol. The lowest BCUT2D eigenvalue weighted by Crippen LogP contribution is -2.33. The summed E-state index contributed by atoms with van der Waals surface area (Å²) in [6, 6.07) is 2.75. The molecule has 0 bridgehead atoms. The van der Waals surface area contributed by atoms with Gasteiger partial charge in [-0.3, -0.25) is 9.59 Å². The van der Waals surface area contributed by atoms with E-state index in [0.29, 0.717) is 12.0 Å². The first-order valence-corrected chi connectivity index (χ1v) is 5.13. The Bertz CT molecular complexity index is 425. The first-order chi connectivity index (χ1) is 7.54. The van der Waals surface area contributed by atoms with E-state index in [2.05, 4.69) is 5.32 Å². The largest absolute Gasteiger partial charge is 0.396 e. The Morgan fingerprint density at radius 2 is 2.25 bits per heavy atom. The molecular formula is C11H16N2O3. The maximum atomic E-state index is 11.7. The first kappa shape index (κ1) is 12.4. The molecule has 0 fully saturated rings. The minimum Gasteiger partial charge on any atom is -0.396 e. The van der Waals surface area contributed by atoms with E-state index in [4.69, 9.17) is 5.11 Å². The van der Waals surface area contributed by atoms with Crippen LogP contribution in [0.15, 0.2) is 23.1 Å². The lowest BCUT2D eigenvalue weighted by atomic mass is 10.2. The Labute approximate surface area is 93.7 Å². The molecule has 0 aliphatic heterocycles. The van der Waals surface area contributed by atoms with Crippen LogP contribution in [0.2, 0.25) is 0 Å². The number of aromatic nitrogens is 1. The van der Waals surface area contributed by atoms with E-state index < -0.39 is 0 Å². The van der Waals surface area contributed by atoms with Gasteiger partial charge in [-0.1, -0.05) is 0 Å². The smallest absolute Gasteiger partial charge is 0.252 e. The number of nitrogens with zero attached hydrogens (tertiary/aromatic N) is 1. The van der Waals surface area contributed by atoms with E-state index in [9.17, 15) is 9.59 Å². The molecule has 0 saturated carbocycles. The molecule has 0 saturated heterocycles. The van der Waals surface area contributed by atoms with Gasteiger partial charge in [0.1, 0.15) is 0 Å². The van der Waals surface area contributed by atoms with E-state index in [1.165, 1.54) is 22.9 Å². The van der Waals surface area contributed by atoms with Gasteiger partial charge in [0.05, 0.1) is 5.56 Å². The van der Waals surface area contributed by atoms with Gasteiger partial charge in [0, 0.05) is 32.0 Å². The topological polar surface area (TPSA) is 71.3 Å². The zero-order chi connectivity index (χ0) is 12.1. The lowest BCUT2D eigenvalue weighted by Gasteiger charge is -2.12. The Morgan fingerprint density at radius 1 is 1.56 bits per heavy atom. The normalized spacial score (nSPS) is 12.2. The summed E-state index contributed by atoms with van der Waals surface area (Å²) in [4.78, 5) is 22.8. The lowest BCUT2D eigenvalue weighted by molar-refractivity contribution is 0.0933. The molecule has 1 aromatic rings. The van der Waals surface area contributed by atoms with Crippen LogP contribution in [0.5, 0.6) is 0 Å². The summed E-state index contributed by atoms with van der Waals surface area (Å²) < 4.78 is 1.35. The van der Waals surface area contributed by atoms with Crippen molar-refractivity contribution in [3.8, 4) is 0 Å². The zero-order valence-electron chi connectivity index (χ0n) is 9.43. The number of nitrogens with one attached hydrogen (secondary N) is 1. The molecule has 2 N–H and O–H groups in total. The zero-order valence-corrected chi connectivity index (χ0v) is 9.43. The number of carbonyl (C=O) groups is 1. The van der Waals surface area contributed by atoms with Gasteiger partial charge in [-0.2, -0.15) is 0 Å². The molecule has 0 spiro atoms. The van der Waals surface area contributed by atoms with Crippen molar-refractivity contribution in [1.29, 1.82) is 0 Å². The summed E-state index contributed by atoms with van der Waals surface area (Å²) in [6.45, 7) is 1.85. The Morgan fingerprint density at radius 3 is 2.81 bits per heavy atom. The highest BCUT2D eigenvalue weighted by Gasteiger charge is 2.09. The van der Waals surface area contributed by atoms with Crippen LogP contribution in [-0.2, 0) is 7.05 Å². The standard InChI is InChI=1S/C11H16N2O3/c1-8(5-6-14)12-11(16)9-3-4-10(15)13(2)7-9/h3-4,7-8,14H,5-6H2,1-2H3,(H,12,16). The Hall–Kier alpha value is -1.62. The molecule has 1 atom stereocenters. The minimum atomic E-state index is -0.239. The van der Waals surface area contributed by atoms with Crippen LogP contribution < -0.4 is 10.9 Å². The van der Waals surface area contributed by atoms with Crippen molar-refractivity contribution < 1.29 is 9.90 Å². The van der Waals surface area contributed by atoms with Crippen molar-refractivity contribution in [2.24, 2.45) is 7.05 Å². The van der Waals surface area contributed by atoms with E-state index in [1.807, 2.05) is 6.92 Å². The predicted molar refractivity (Wildman–Crippen MR) is 60.3 cm³/mol. The van der Waals surface area contributed by atoms with Crippen LogP contribution >= 0.6 is 0 Å². The van der Waals surface area contributed by atoms with Crippen molar-refractivity contribution in [1.82, 2.24) is 9.88 Å². The summed E-state index contributed by atoms with van der Waals surface area (Å²) in [5.41, 5.74) is 0.284. The fourth-order valence-corrected chi connectivity index (χ4v) is 1.30. The molecule has 0 aromatic carbocycles. The first-order valence-electron chi connectivity index (χ1n) is 5.13. The van der Waals surface area contributed by atoms with Gasteiger partial charge in [-0.05, 0) is 19.4 Å². The molecule has 1 aromatic heterocycles. The minimum absolute atomic E-state index is 0.0364. The molecule has 5 nitrogen and oxygen atoms in total. The van der Waals surface area contributed by atoms with E-state index in [0.717, 1.165) is 0 Å². The van der Waals surface area contributed by atoms with Crippen molar-refractivity contribution in [2.45, 2.75) is 19.4 Å². The van der Waals surface area contributed by atoms with Crippen LogP contribution in [0.1, 0.15) is 23.7 Å². The third-order valence-electron chi connectivity index (χ3n) is 2.29. The Kier molecular flexibility index (Phi) is 4.25. The fourth-order valence-electron chi connectivity index (χ4n) is 1.30. The monoisotopic (exact) mass is 224 g/mol. The fraction of sp³-hybridized carbons (Fsp3) is 0.455. The predicted octanol–water partition coefficient (Wildman–Crippen LogP) is -0.114. The van der Waals surface area contributed by atoms with Gasteiger partial charge in [0.25, 0.3) is 5.91 Å². The van der Waals surface area contributed by atoms with Crippen molar-refractivity contribution in [3.63, 3.8) is 0 Å². The van der Waals surface area contributed by atoms with Crippen LogP contribution in [-0.4, -0.2) is 28.2 Å². The van der Waals surface area contributed by atoms with E-state index in [1.54, 1.807) is 7.05 Å². The number of rotatable bonds is 4. The molecule has 1 rings (SSSR count). The summed E-state index contributed by atoms with van der Waals surface area (Å²) in [5.74, 6) is -0.239. The van der Waals surface area contributed by atoms with Crippen LogP contribution in [0.25, 0.3) is 0 Å². The quantitative estimate of drug-likeness (QED) is 0.749. The second-order valence-corrected chi connectivity index (χ2v) is 3.75. The highest BCUT2D eigenvalue weighted by molar-refractivity contribution is 5.94. The SMILES string of the molecule is CC(CCO)NC(=O)c1ccc(=O)n(C)c1. The summed E-state index contributed by atoms with van der Waals surface area (Å²) in [5, 5.41) is 11.4. The summed E-state index contributed by atoms with van der Waals surface area (Å²) >= 11 is 0. The number of aryl methyl sites for hydroxylation is 1. The maximum absolute atomic E-state index is 11.7. The number of aliphatic hydroxyl groups excluding tert-OH is 1. The number of pyridine rings is 1. The van der Waals surface area contributed by atoms with Crippen molar-refractivity contribution in [3.05, 3.63) is 34.2 Å². The summed E-state index contributed by atoms with van der Waals surface area (Å²) in [7, 11) is 1.59. The third-order valence-corrected chi connectivity index (χ3v) is 2.29. The third kappa shape index (κ3) is 3.20. The van der Waals surface area contributed by atoms with Crippen LogP contribution in [0, 0.1) is 0 Å². The second kappa shape index (κ2) is 5.46. The summed E-state index contributed by atoms with van der Waals surface area (Å²) in [6.07, 6.45) is 2.00. The Balaban J connectivity index is 2.73. The molecule has 0 radical (unpaired) electrons. The number of hydrogen-bond acceptors (Lipinski definition) is 3. The van der Waals surface area contributed by atoms with Crippen LogP contribution in [0.3, 0.4) is 0 Å².